The molecule has 0 aliphatic heterocycles. The van der Waals surface area contributed by atoms with Gasteiger partial charge in [0.1, 0.15) is 0 Å². The van der Waals surface area contributed by atoms with Gasteiger partial charge in [0.15, 0.2) is 0 Å². The number of rotatable bonds is 15. The molecule has 2 unspecified atom stereocenters. The number of esters is 1. The predicted molar refractivity (Wildman–Crippen MR) is 116 cm³/mol. The molecule has 0 fully saturated rings. The summed E-state index contributed by atoms with van der Waals surface area (Å²) < 4.78 is 11.4. The Morgan fingerprint density at radius 1 is 0.926 bits per heavy atom. The Kier molecular flexibility index (Phi) is 13.8. The maximum absolute atomic E-state index is 11.5. The number of allylic oxidation sites excluding steroid dienone is 2. The van der Waals surface area contributed by atoms with Crippen LogP contribution in [0.3, 0.4) is 0 Å². The summed E-state index contributed by atoms with van der Waals surface area (Å²) >= 11 is 0. The molecule has 0 heterocycles. The van der Waals surface area contributed by atoms with E-state index in [-0.39, 0.29) is 17.5 Å². The largest absolute Gasteiger partial charge is 0.465 e. The fraction of sp³-hybridized carbons (Fsp3) is 0.875. The second-order valence-electron chi connectivity index (χ2n) is 9.47. The topological polar surface area (TPSA) is 35.5 Å². The highest BCUT2D eigenvalue weighted by Crippen LogP contribution is 2.22. The highest BCUT2D eigenvalue weighted by Gasteiger charge is 2.19. The van der Waals surface area contributed by atoms with Gasteiger partial charge in [0, 0.05) is 6.61 Å². The van der Waals surface area contributed by atoms with Crippen molar-refractivity contribution in [3.63, 3.8) is 0 Å². The van der Waals surface area contributed by atoms with Crippen LogP contribution in [-0.2, 0) is 14.3 Å². The Morgan fingerprint density at radius 2 is 1.52 bits per heavy atom. The van der Waals surface area contributed by atoms with E-state index in [1.54, 1.807) is 0 Å². The molecule has 0 radical (unpaired) electrons. The first-order valence-corrected chi connectivity index (χ1v) is 11.0. The van der Waals surface area contributed by atoms with Crippen molar-refractivity contribution >= 4 is 5.97 Å². The molecule has 160 valence electrons. The van der Waals surface area contributed by atoms with Crippen LogP contribution < -0.4 is 0 Å². The van der Waals surface area contributed by atoms with Gasteiger partial charge in [-0.05, 0) is 71.6 Å². The van der Waals surface area contributed by atoms with E-state index in [0.717, 1.165) is 38.7 Å². The average molecular weight is 383 g/mol. The van der Waals surface area contributed by atoms with Crippen molar-refractivity contribution in [3.8, 4) is 0 Å². The Balaban J connectivity index is 3.83. The third-order valence-electron chi connectivity index (χ3n) is 5.12. The van der Waals surface area contributed by atoms with E-state index in [1.807, 2.05) is 13.8 Å². The molecular formula is C24H46O3. The first-order valence-electron chi connectivity index (χ1n) is 11.0. The molecule has 27 heavy (non-hydrogen) atoms. The van der Waals surface area contributed by atoms with Crippen molar-refractivity contribution in [2.75, 3.05) is 13.2 Å². The summed E-state index contributed by atoms with van der Waals surface area (Å²) in [5.41, 5.74) is 1.36. The molecule has 0 bridgehead atoms. The van der Waals surface area contributed by atoms with Gasteiger partial charge in [0.2, 0.25) is 0 Å². The summed E-state index contributed by atoms with van der Waals surface area (Å²) in [4.78, 5) is 11.5. The fourth-order valence-electron chi connectivity index (χ4n) is 2.96. The Morgan fingerprint density at radius 3 is 2.11 bits per heavy atom. The third kappa shape index (κ3) is 15.9. The Labute approximate surface area is 169 Å². The van der Waals surface area contributed by atoms with E-state index in [0.29, 0.717) is 18.4 Å². The lowest BCUT2D eigenvalue weighted by atomic mass is 9.95. The van der Waals surface area contributed by atoms with Crippen molar-refractivity contribution in [3.05, 3.63) is 11.6 Å². The third-order valence-corrected chi connectivity index (χ3v) is 5.12. The molecule has 0 aliphatic carbocycles. The molecule has 3 nitrogen and oxygen atoms in total. The van der Waals surface area contributed by atoms with Gasteiger partial charge in [-0.25, -0.2) is 0 Å². The summed E-state index contributed by atoms with van der Waals surface area (Å²) in [5.74, 6) is 1.17. The minimum Gasteiger partial charge on any atom is -0.465 e. The molecule has 3 heteroatoms. The van der Waals surface area contributed by atoms with Crippen LogP contribution in [0.25, 0.3) is 0 Å². The summed E-state index contributed by atoms with van der Waals surface area (Å²) in [6.45, 7) is 18.4. The zero-order valence-corrected chi connectivity index (χ0v) is 19.4. The van der Waals surface area contributed by atoms with Crippen molar-refractivity contribution in [1.82, 2.24) is 0 Å². The van der Waals surface area contributed by atoms with Crippen LogP contribution >= 0.6 is 0 Å². The van der Waals surface area contributed by atoms with Crippen LogP contribution in [0.4, 0.5) is 0 Å². The first-order chi connectivity index (χ1) is 12.5. The van der Waals surface area contributed by atoms with Crippen LogP contribution in [0, 0.1) is 17.8 Å². The molecule has 0 spiro atoms. The van der Waals surface area contributed by atoms with Crippen molar-refractivity contribution in [2.24, 2.45) is 17.8 Å². The van der Waals surface area contributed by atoms with Crippen molar-refractivity contribution in [2.45, 2.75) is 106 Å². The number of carbonyl (C=O) groups is 1. The van der Waals surface area contributed by atoms with Crippen molar-refractivity contribution < 1.29 is 14.3 Å². The number of carbonyl (C=O) groups excluding carboxylic acids is 1. The van der Waals surface area contributed by atoms with Crippen LogP contribution in [0.5, 0.6) is 0 Å². The molecule has 0 N–H and O–H groups in total. The van der Waals surface area contributed by atoms with Crippen LogP contribution in [0.15, 0.2) is 11.6 Å². The second kappa shape index (κ2) is 14.2. The molecule has 0 amide bonds. The molecule has 2 atom stereocenters. The van der Waals surface area contributed by atoms with Gasteiger partial charge in [-0.3, -0.25) is 4.79 Å². The monoisotopic (exact) mass is 382 g/mol. The highest BCUT2D eigenvalue weighted by atomic mass is 16.5. The molecule has 0 rings (SSSR count). The van der Waals surface area contributed by atoms with Gasteiger partial charge in [-0.15, -0.1) is 0 Å². The van der Waals surface area contributed by atoms with E-state index in [4.69, 9.17) is 9.47 Å². The highest BCUT2D eigenvalue weighted by molar-refractivity contribution is 5.71. The standard InChI is InChI=1S/C24H46O3/c1-19(2)11-9-12-21(5)15-18-27-24(7,8)16-10-13-22(6)14-17-26-23(25)20(3)4/h11,20-22H,9-10,12-18H2,1-8H3. The number of hydrogen-bond donors (Lipinski definition) is 0. The Bertz CT molecular complexity index is 419. The lowest BCUT2D eigenvalue weighted by molar-refractivity contribution is -0.147. The minimum atomic E-state index is -0.0909. The van der Waals surface area contributed by atoms with Gasteiger partial charge >= 0.3 is 5.97 Å². The van der Waals surface area contributed by atoms with E-state index < -0.39 is 0 Å². The minimum absolute atomic E-state index is 0.0341. The van der Waals surface area contributed by atoms with Gasteiger partial charge in [0.25, 0.3) is 0 Å². The first kappa shape index (κ1) is 26.2. The summed E-state index contributed by atoms with van der Waals surface area (Å²) in [6, 6.07) is 0. The lowest BCUT2D eigenvalue weighted by Crippen LogP contribution is -2.25. The molecule has 0 aliphatic rings. The van der Waals surface area contributed by atoms with E-state index >= 15 is 0 Å². The molecule has 0 aromatic rings. The van der Waals surface area contributed by atoms with Gasteiger partial charge < -0.3 is 9.47 Å². The number of hydrogen-bond acceptors (Lipinski definition) is 3. The van der Waals surface area contributed by atoms with Crippen LogP contribution in [0.1, 0.15) is 100 Å². The van der Waals surface area contributed by atoms with Crippen LogP contribution in [-0.4, -0.2) is 24.8 Å². The lowest BCUT2D eigenvalue weighted by Gasteiger charge is -2.27. The zero-order valence-electron chi connectivity index (χ0n) is 19.4. The van der Waals surface area contributed by atoms with E-state index in [9.17, 15) is 4.79 Å². The zero-order chi connectivity index (χ0) is 20.9. The second-order valence-corrected chi connectivity index (χ2v) is 9.47. The van der Waals surface area contributed by atoms with Gasteiger partial charge in [0.05, 0.1) is 18.1 Å². The average Bonchev–Trinajstić information content (AvgIpc) is 2.53. The van der Waals surface area contributed by atoms with E-state index in [1.165, 1.54) is 18.4 Å². The summed E-state index contributed by atoms with van der Waals surface area (Å²) in [6.07, 6.45) is 10.2. The molecular weight excluding hydrogens is 336 g/mol. The number of ether oxygens (including phenoxy) is 2. The smallest absolute Gasteiger partial charge is 0.308 e. The van der Waals surface area contributed by atoms with Crippen LogP contribution in [0.2, 0.25) is 0 Å². The van der Waals surface area contributed by atoms with E-state index in [2.05, 4.69) is 47.6 Å². The maximum Gasteiger partial charge on any atom is 0.308 e. The SMILES string of the molecule is CC(C)=CCCC(C)CCOC(C)(C)CCCC(C)CCOC(=O)C(C)C. The Hall–Kier alpha value is -0.830. The summed E-state index contributed by atoms with van der Waals surface area (Å²) in [5, 5.41) is 0. The molecule has 0 aromatic heterocycles. The quantitative estimate of drug-likeness (QED) is 0.227. The predicted octanol–water partition coefficient (Wildman–Crippen LogP) is 6.95. The maximum atomic E-state index is 11.5. The molecule has 0 aromatic carbocycles. The van der Waals surface area contributed by atoms with Gasteiger partial charge in [-0.1, -0.05) is 52.2 Å². The van der Waals surface area contributed by atoms with Gasteiger partial charge in [-0.2, -0.15) is 0 Å². The normalized spacial score (nSPS) is 14.1. The fourth-order valence-corrected chi connectivity index (χ4v) is 2.96. The molecule has 0 saturated carbocycles. The molecule has 0 saturated heterocycles. The summed E-state index contributed by atoms with van der Waals surface area (Å²) in [7, 11) is 0. The van der Waals surface area contributed by atoms with Crippen molar-refractivity contribution in [1.29, 1.82) is 0 Å².